The first-order valence-electron chi connectivity index (χ1n) is 8.45. The minimum atomic E-state index is -0.869. The summed E-state index contributed by atoms with van der Waals surface area (Å²) in [6, 6.07) is 3.69. The molecular formula is C18H21NO4. The molecule has 2 fully saturated rings. The molecule has 0 heterocycles. The van der Waals surface area contributed by atoms with Crippen LogP contribution in [0, 0.1) is 0 Å². The highest BCUT2D eigenvalue weighted by Gasteiger charge is 2.38. The molecule has 0 unspecified atom stereocenters. The summed E-state index contributed by atoms with van der Waals surface area (Å²) in [5.74, 6) is 0.433. The summed E-state index contributed by atoms with van der Waals surface area (Å²) in [4.78, 5) is 23.4. The molecule has 1 aromatic rings. The minimum Gasteiger partial charge on any atom is -0.483 e. The molecule has 5 rings (SSSR count). The third-order valence-electron chi connectivity index (χ3n) is 5.32. The third kappa shape index (κ3) is 2.69. The molecule has 23 heavy (non-hydrogen) atoms. The first kappa shape index (κ1) is 14.5. The van der Waals surface area contributed by atoms with Crippen molar-refractivity contribution in [2.24, 2.45) is 0 Å². The number of aromatic carboxylic acids is 1. The van der Waals surface area contributed by atoms with E-state index in [1.807, 2.05) is 0 Å². The van der Waals surface area contributed by atoms with Gasteiger partial charge in [0.05, 0.1) is 5.56 Å². The van der Waals surface area contributed by atoms with Gasteiger partial charge in [-0.2, -0.15) is 0 Å². The van der Waals surface area contributed by atoms with Crippen molar-refractivity contribution < 1.29 is 19.4 Å². The second kappa shape index (κ2) is 5.55. The van der Waals surface area contributed by atoms with E-state index >= 15 is 0 Å². The lowest BCUT2D eigenvalue weighted by atomic mass is 9.65. The molecule has 4 aliphatic rings. The van der Waals surface area contributed by atoms with E-state index in [2.05, 4.69) is 5.32 Å². The number of ether oxygens (including phenoxy) is 1. The largest absolute Gasteiger partial charge is 0.483 e. The summed E-state index contributed by atoms with van der Waals surface area (Å²) >= 11 is 0. The lowest BCUT2D eigenvalue weighted by molar-refractivity contribution is -0.123. The first-order chi connectivity index (χ1) is 11.1. The van der Waals surface area contributed by atoms with Gasteiger partial charge in [0, 0.05) is 11.6 Å². The highest BCUT2D eigenvalue weighted by Crippen LogP contribution is 2.53. The van der Waals surface area contributed by atoms with Crippen molar-refractivity contribution in [3.63, 3.8) is 0 Å². The predicted molar refractivity (Wildman–Crippen MR) is 84.0 cm³/mol. The molecular weight excluding hydrogens is 294 g/mol. The predicted octanol–water partition coefficient (Wildman–Crippen LogP) is 2.80. The maximum Gasteiger partial charge on any atom is 0.335 e. The molecule has 0 atom stereocenters. The normalized spacial score (nSPS) is 24.9. The van der Waals surface area contributed by atoms with Gasteiger partial charge in [-0.25, -0.2) is 4.79 Å². The van der Waals surface area contributed by atoms with Crippen molar-refractivity contribution in [2.45, 2.75) is 56.4 Å². The van der Waals surface area contributed by atoms with E-state index in [0.717, 1.165) is 49.7 Å². The third-order valence-corrected chi connectivity index (χ3v) is 5.32. The Morgan fingerprint density at radius 1 is 1.04 bits per heavy atom. The number of amides is 1. The summed E-state index contributed by atoms with van der Waals surface area (Å²) in [6.07, 6.45) is 6.40. The van der Waals surface area contributed by atoms with Crippen molar-refractivity contribution >= 4 is 11.9 Å². The highest BCUT2D eigenvalue weighted by molar-refractivity contribution is 5.91. The van der Waals surface area contributed by atoms with Crippen LogP contribution in [0.15, 0.2) is 12.1 Å². The van der Waals surface area contributed by atoms with Gasteiger partial charge < -0.3 is 15.2 Å². The van der Waals surface area contributed by atoms with Crippen LogP contribution in [0.1, 0.15) is 71.8 Å². The van der Waals surface area contributed by atoms with E-state index < -0.39 is 5.97 Å². The number of carbonyl (C=O) groups excluding carboxylic acids is 1. The first-order valence-corrected chi connectivity index (χ1v) is 8.45. The zero-order valence-corrected chi connectivity index (χ0v) is 13.0. The Balaban J connectivity index is 1.61. The molecule has 0 aromatic heterocycles. The molecule has 2 saturated carbocycles. The maximum absolute atomic E-state index is 11.8. The maximum atomic E-state index is 11.8. The minimum absolute atomic E-state index is 0.00669. The Hall–Kier alpha value is -2.04. The number of carboxylic acids is 1. The fourth-order valence-electron chi connectivity index (χ4n) is 4.10. The van der Waals surface area contributed by atoms with Gasteiger partial charge in [0.15, 0.2) is 6.61 Å². The van der Waals surface area contributed by atoms with Crippen LogP contribution in [0.3, 0.4) is 0 Å². The Morgan fingerprint density at radius 3 is 2.30 bits per heavy atom. The summed E-state index contributed by atoms with van der Waals surface area (Å²) in [7, 11) is 0. The molecule has 122 valence electrons. The smallest absolute Gasteiger partial charge is 0.335 e. The molecule has 4 aliphatic carbocycles. The fourth-order valence-corrected chi connectivity index (χ4v) is 4.10. The van der Waals surface area contributed by atoms with Crippen molar-refractivity contribution in [3.8, 4) is 5.75 Å². The Kier molecular flexibility index (Phi) is 3.51. The average molecular weight is 315 g/mol. The van der Waals surface area contributed by atoms with Crippen LogP contribution in [0.5, 0.6) is 5.75 Å². The van der Waals surface area contributed by atoms with Gasteiger partial charge in [0.1, 0.15) is 5.75 Å². The molecule has 0 spiro atoms. The zero-order valence-electron chi connectivity index (χ0n) is 13.0. The van der Waals surface area contributed by atoms with Gasteiger partial charge in [0.25, 0.3) is 5.91 Å². The van der Waals surface area contributed by atoms with Crippen molar-refractivity contribution in [2.75, 3.05) is 6.61 Å². The van der Waals surface area contributed by atoms with Gasteiger partial charge in [-0.05, 0) is 68.1 Å². The van der Waals surface area contributed by atoms with Crippen LogP contribution in [0.4, 0.5) is 0 Å². The lowest BCUT2D eigenvalue weighted by Gasteiger charge is -2.39. The van der Waals surface area contributed by atoms with E-state index in [1.54, 1.807) is 12.1 Å². The van der Waals surface area contributed by atoms with Crippen LogP contribution in [0.2, 0.25) is 0 Å². The number of benzene rings is 1. The van der Waals surface area contributed by atoms with Crippen molar-refractivity contribution in [1.29, 1.82) is 0 Å². The van der Waals surface area contributed by atoms with Crippen LogP contribution in [-0.4, -0.2) is 29.6 Å². The van der Waals surface area contributed by atoms with Crippen LogP contribution in [-0.2, 0) is 4.79 Å². The Bertz CT molecular complexity index is 657. The monoisotopic (exact) mass is 315 g/mol. The lowest BCUT2D eigenvalue weighted by Crippen LogP contribution is -2.31. The highest BCUT2D eigenvalue weighted by atomic mass is 16.5. The van der Waals surface area contributed by atoms with Gasteiger partial charge in [-0.1, -0.05) is 0 Å². The van der Waals surface area contributed by atoms with Crippen LogP contribution >= 0.6 is 0 Å². The molecule has 0 radical (unpaired) electrons. The molecule has 1 amide bonds. The molecule has 2 bridgehead atoms. The number of rotatable bonds is 5. The number of carboxylic acid groups (broad SMARTS) is 1. The number of nitrogens with one attached hydrogen (secondary N) is 1. The van der Waals surface area contributed by atoms with Gasteiger partial charge >= 0.3 is 5.97 Å². The van der Waals surface area contributed by atoms with Crippen LogP contribution in [0.25, 0.3) is 0 Å². The van der Waals surface area contributed by atoms with Gasteiger partial charge in [-0.3, -0.25) is 4.79 Å². The van der Waals surface area contributed by atoms with Crippen molar-refractivity contribution in [1.82, 2.24) is 5.32 Å². The molecule has 0 aliphatic heterocycles. The molecule has 2 N–H and O–H groups in total. The molecule has 0 saturated heterocycles. The van der Waals surface area contributed by atoms with Crippen LogP contribution < -0.4 is 10.1 Å². The standard InChI is InChI=1S/C18H21NO4/c20-15(19-12-5-6-12)9-23-14-8-7-13(18(21)22)16-10-1-3-11(4-2-10)17(14)16/h7-8,10-12H,1-6,9H2,(H,19,20)(H,21,22). The van der Waals surface area contributed by atoms with Gasteiger partial charge in [0.2, 0.25) is 0 Å². The Labute approximate surface area is 135 Å². The molecule has 1 aromatic carbocycles. The number of hydrogen-bond donors (Lipinski definition) is 2. The molecule has 5 heteroatoms. The molecule has 5 nitrogen and oxygen atoms in total. The number of hydrogen-bond acceptors (Lipinski definition) is 3. The quantitative estimate of drug-likeness (QED) is 0.876. The fraction of sp³-hybridized carbons (Fsp3) is 0.556. The van der Waals surface area contributed by atoms with E-state index in [4.69, 9.17) is 4.74 Å². The topological polar surface area (TPSA) is 75.6 Å². The summed E-state index contributed by atoms with van der Waals surface area (Å²) in [5, 5.41) is 12.4. The second-order valence-electron chi connectivity index (χ2n) is 6.92. The van der Waals surface area contributed by atoms with E-state index in [9.17, 15) is 14.7 Å². The Morgan fingerprint density at radius 2 is 1.70 bits per heavy atom. The SMILES string of the molecule is O=C(COc1ccc(C(=O)O)c2c1C1CCC2CC1)NC1CC1. The van der Waals surface area contributed by atoms with E-state index in [0.29, 0.717) is 29.2 Å². The van der Waals surface area contributed by atoms with Crippen molar-refractivity contribution in [3.05, 3.63) is 28.8 Å². The average Bonchev–Trinajstić information content (AvgIpc) is 3.37. The summed E-state index contributed by atoms with van der Waals surface area (Å²) in [6.45, 7) is 0.00669. The second-order valence-corrected chi connectivity index (χ2v) is 6.92. The number of carbonyl (C=O) groups is 2. The number of fused-ring (bicyclic) bond motifs is 2. The van der Waals surface area contributed by atoms with Gasteiger partial charge in [-0.15, -0.1) is 0 Å². The summed E-state index contributed by atoms with van der Waals surface area (Å²) < 4.78 is 5.78. The van der Waals surface area contributed by atoms with E-state index in [-0.39, 0.29) is 12.5 Å². The summed E-state index contributed by atoms with van der Waals surface area (Å²) in [5.41, 5.74) is 2.41. The zero-order chi connectivity index (χ0) is 16.0. The van der Waals surface area contributed by atoms with E-state index in [1.165, 1.54) is 0 Å².